The summed E-state index contributed by atoms with van der Waals surface area (Å²) in [4.78, 5) is 9.12. The van der Waals surface area contributed by atoms with Gasteiger partial charge in [-0.2, -0.15) is 0 Å². The molecule has 5 heteroatoms. The van der Waals surface area contributed by atoms with Crippen molar-refractivity contribution in [1.82, 2.24) is 15.3 Å². The van der Waals surface area contributed by atoms with Crippen LogP contribution in [0.25, 0.3) is 0 Å². The van der Waals surface area contributed by atoms with E-state index in [9.17, 15) is 4.39 Å². The fourth-order valence-corrected chi connectivity index (χ4v) is 2.36. The highest BCUT2D eigenvalue weighted by Crippen LogP contribution is 2.29. The molecule has 0 fully saturated rings. The van der Waals surface area contributed by atoms with Crippen LogP contribution in [-0.2, 0) is 6.54 Å². The van der Waals surface area contributed by atoms with E-state index in [4.69, 9.17) is 0 Å². The van der Waals surface area contributed by atoms with Gasteiger partial charge in [0.15, 0.2) is 5.16 Å². The second-order valence-corrected chi connectivity index (χ2v) is 4.64. The predicted molar refractivity (Wildman–Crippen MR) is 69.9 cm³/mol. The van der Waals surface area contributed by atoms with Crippen LogP contribution in [0.5, 0.6) is 0 Å². The molecule has 1 aromatic heterocycles. The summed E-state index contributed by atoms with van der Waals surface area (Å²) in [5.74, 6) is -0.197. The van der Waals surface area contributed by atoms with E-state index in [1.807, 2.05) is 13.0 Å². The Hall–Kier alpha value is -1.46. The van der Waals surface area contributed by atoms with E-state index in [0.717, 1.165) is 11.4 Å². The Morgan fingerprint density at radius 2 is 2.00 bits per heavy atom. The maximum absolute atomic E-state index is 13.8. The van der Waals surface area contributed by atoms with E-state index in [2.05, 4.69) is 15.3 Å². The fourth-order valence-electron chi connectivity index (χ4n) is 1.49. The monoisotopic (exact) mass is 263 g/mol. The van der Waals surface area contributed by atoms with Crippen LogP contribution in [0.3, 0.4) is 0 Å². The van der Waals surface area contributed by atoms with Crippen LogP contribution in [0.2, 0.25) is 0 Å². The van der Waals surface area contributed by atoms with Crippen LogP contribution in [0.15, 0.2) is 46.7 Å². The first-order valence-corrected chi connectivity index (χ1v) is 6.56. The lowest BCUT2D eigenvalue weighted by atomic mass is 10.2. The molecule has 0 amide bonds. The Morgan fingerprint density at radius 3 is 2.72 bits per heavy atom. The molecule has 0 bridgehead atoms. The average molecular weight is 263 g/mol. The molecule has 1 N–H and O–H groups in total. The van der Waals surface area contributed by atoms with Gasteiger partial charge < -0.3 is 5.32 Å². The van der Waals surface area contributed by atoms with Gasteiger partial charge in [0.25, 0.3) is 0 Å². The minimum absolute atomic E-state index is 0.197. The minimum atomic E-state index is -0.197. The summed E-state index contributed by atoms with van der Waals surface area (Å²) in [6.45, 7) is 3.31. The van der Waals surface area contributed by atoms with Crippen LogP contribution in [0, 0.1) is 5.82 Å². The number of aromatic nitrogens is 2. The third-order valence-electron chi connectivity index (χ3n) is 2.37. The third-order valence-corrected chi connectivity index (χ3v) is 3.37. The predicted octanol–water partition coefficient (Wildman–Crippen LogP) is 2.88. The number of hydrogen-bond donors (Lipinski definition) is 1. The number of benzene rings is 1. The van der Waals surface area contributed by atoms with Crippen LogP contribution in [0.4, 0.5) is 4.39 Å². The van der Waals surface area contributed by atoms with E-state index >= 15 is 0 Å². The summed E-state index contributed by atoms with van der Waals surface area (Å²) in [5, 5.41) is 3.76. The van der Waals surface area contributed by atoms with Crippen molar-refractivity contribution in [3.05, 3.63) is 48.0 Å². The van der Waals surface area contributed by atoms with Gasteiger partial charge in [0.05, 0.1) is 0 Å². The first-order chi connectivity index (χ1) is 8.81. The molecular formula is C13H14FN3S. The fraction of sp³-hybridized carbons (Fsp3) is 0.231. The van der Waals surface area contributed by atoms with Crippen molar-refractivity contribution in [2.75, 3.05) is 6.54 Å². The summed E-state index contributed by atoms with van der Waals surface area (Å²) in [7, 11) is 0. The normalized spacial score (nSPS) is 10.6. The molecule has 0 aliphatic carbocycles. The van der Waals surface area contributed by atoms with Crippen LogP contribution in [0.1, 0.15) is 12.5 Å². The summed E-state index contributed by atoms with van der Waals surface area (Å²) < 4.78 is 13.8. The zero-order valence-electron chi connectivity index (χ0n) is 10.1. The average Bonchev–Trinajstić information content (AvgIpc) is 2.39. The van der Waals surface area contributed by atoms with Gasteiger partial charge >= 0.3 is 0 Å². The highest BCUT2D eigenvalue weighted by Gasteiger charge is 2.10. The lowest BCUT2D eigenvalue weighted by molar-refractivity contribution is 0.585. The Bertz CT molecular complexity index is 505. The summed E-state index contributed by atoms with van der Waals surface area (Å²) >= 11 is 1.38. The molecule has 18 heavy (non-hydrogen) atoms. The van der Waals surface area contributed by atoms with Gasteiger partial charge in [-0.05, 0) is 36.5 Å². The summed E-state index contributed by atoms with van der Waals surface area (Å²) in [6, 6.07) is 6.82. The van der Waals surface area contributed by atoms with Crippen molar-refractivity contribution in [3.63, 3.8) is 0 Å². The number of nitrogens with one attached hydrogen (secondary N) is 1. The molecule has 1 heterocycles. The Kier molecular flexibility index (Phi) is 4.66. The molecule has 0 spiro atoms. The number of nitrogens with zero attached hydrogens (tertiary/aromatic N) is 2. The molecule has 2 aromatic rings. The van der Waals surface area contributed by atoms with Crippen molar-refractivity contribution < 1.29 is 4.39 Å². The molecule has 0 unspecified atom stereocenters. The highest BCUT2D eigenvalue weighted by molar-refractivity contribution is 7.99. The Labute approximate surface area is 110 Å². The first kappa shape index (κ1) is 13.0. The van der Waals surface area contributed by atoms with Crippen molar-refractivity contribution in [2.24, 2.45) is 0 Å². The molecule has 2 rings (SSSR count). The number of rotatable bonds is 5. The van der Waals surface area contributed by atoms with Gasteiger partial charge in [-0.1, -0.05) is 13.0 Å². The van der Waals surface area contributed by atoms with Crippen molar-refractivity contribution >= 4 is 11.8 Å². The maximum atomic E-state index is 13.8. The summed E-state index contributed by atoms with van der Waals surface area (Å²) in [6.07, 6.45) is 3.36. The lowest BCUT2D eigenvalue weighted by Gasteiger charge is -2.09. The van der Waals surface area contributed by atoms with Crippen molar-refractivity contribution in [1.29, 1.82) is 0 Å². The summed E-state index contributed by atoms with van der Waals surface area (Å²) in [5.41, 5.74) is 0.664. The van der Waals surface area contributed by atoms with E-state index in [1.165, 1.54) is 17.8 Å². The maximum Gasteiger partial charge on any atom is 0.192 e. The van der Waals surface area contributed by atoms with Crippen molar-refractivity contribution in [3.8, 4) is 0 Å². The molecular weight excluding hydrogens is 249 g/mol. The van der Waals surface area contributed by atoms with Gasteiger partial charge in [-0.15, -0.1) is 0 Å². The Morgan fingerprint density at radius 1 is 1.22 bits per heavy atom. The standard InChI is InChI=1S/C13H14FN3S/c1-2-15-9-10-11(14)5-3-6-12(10)18-13-16-7-4-8-17-13/h3-8,15H,2,9H2,1H3. The minimum Gasteiger partial charge on any atom is -0.313 e. The Balaban J connectivity index is 2.24. The number of halogens is 1. The van der Waals surface area contributed by atoms with Crippen LogP contribution in [-0.4, -0.2) is 16.5 Å². The van der Waals surface area contributed by atoms with Gasteiger partial charge in [0, 0.05) is 29.4 Å². The van der Waals surface area contributed by atoms with Gasteiger partial charge in [-0.25, -0.2) is 14.4 Å². The zero-order valence-corrected chi connectivity index (χ0v) is 10.9. The number of hydrogen-bond acceptors (Lipinski definition) is 4. The van der Waals surface area contributed by atoms with Crippen LogP contribution < -0.4 is 5.32 Å². The smallest absolute Gasteiger partial charge is 0.192 e. The largest absolute Gasteiger partial charge is 0.313 e. The van der Waals surface area contributed by atoms with E-state index in [1.54, 1.807) is 24.5 Å². The van der Waals surface area contributed by atoms with E-state index in [0.29, 0.717) is 17.3 Å². The molecule has 0 aliphatic heterocycles. The molecule has 0 radical (unpaired) electrons. The first-order valence-electron chi connectivity index (χ1n) is 5.74. The van der Waals surface area contributed by atoms with Crippen LogP contribution >= 0.6 is 11.8 Å². The third kappa shape index (κ3) is 3.27. The molecule has 3 nitrogen and oxygen atoms in total. The molecule has 0 saturated carbocycles. The quantitative estimate of drug-likeness (QED) is 0.842. The zero-order chi connectivity index (χ0) is 12.8. The van der Waals surface area contributed by atoms with Crippen molar-refractivity contribution in [2.45, 2.75) is 23.5 Å². The van der Waals surface area contributed by atoms with E-state index < -0.39 is 0 Å². The topological polar surface area (TPSA) is 37.8 Å². The molecule has 94 valence electrons. The second-order valence-electron chi connectivity index (χ2n) is 3.63. The van der Waals surface area contributed by atoms with Gasteiger partial charge in [0.1, 0.15) is 5.82 Å². The van der Waals surface area contributed by atoms with Gasteiger partial charge in [-0.3, -0.25) is 0 Å². The molecule has 0 saturated heterocycles. The molecule has 0 aliphatic rings. The highest BCUT2D eigenvalue weighted by atomic mass is 32.2. The molecule has 0 atom stereocenters. The second kappa shape index (κ2) is 6.47. The lowest BCUT2D eigenvalue weighted by Crippen LogP contribution is -2.13. The van der Waals surface area contributed by atoms with E-state index in [-0.39, 0.29) is 5.82 Å². The SMILES string of the molecule is CCNCc1c(F)cccc1Sc1ncccn1. The molecule has 1 aromatic carbocycles. The van der Waals surface area contributed by atoms with Gasteiger partial charge in [0.2, 0.25) is 0 Å².